The molecule has 2 N–H and O–H groups in total. The van der Waals surface area contributed by atoms with Crippen molar-refractivity contribution in [1.29, 1.82) is 0 Å². The van der Waals surface area contributed by atoms with Crippen molar-refractivity contribution in [2.75, 3.05) is 6.61 Å². The Kier molecular flexibility index (Phi) is 2.30. The fraction of sp³-hybridized carbons (Fsp3) is 1.00. The molecule has 4 fully saturated rings. The molecule has 17 heavy (non-hydrogen) atoms. The molecule has 0 heterocycles. The van der Waals surface area contributed by atoms with Gasteiger partial charge in [0.15, 0.2) is 0 Å². The van der Waals surface area contributed by atoms with E-state index in [1.165, 1.54) is 12.8 Å². The molecule has 4 aliphatic carbocycles. The van der Waals surface area contributed by atoms with Gasteiger partial charge in [-0.25, -0.2) is 0 Å². The molecule has 6 atom stereocenters. The molecule has 4 saturated carbocycles. The third kappa shape index (κ3) is 1.10. The van der Waals surface area contributed by atoms with E-state index in [2.05, 4.69) is 20.8 Å². The summed E-state index contributed by atoms with van der Waals surface area (Å²) >= 11 is 0. The van der Waals surface area contributed by atoms with Gasteiger partial charge in [0.2, 0.25) is 0 Å². The van der Waals surface area contributed by atoms with Gasteiger partial charge in [0.1, 0.15) is 0 Å². The number of hydrogen-bond acceptors (Lipinski definition) is 2. The monoisotopic (exact) mass is 238 g/mol. The lowest BCUT2D eigenvalue weighted by molar-refractivity contribution is -0.304. The zero-order valence-electron chi connectivity index (χ0n) is 11.4. The Balaban J connectivity index is 2.12. The molecule has 0 aliphatic heterocycles. The van der Waals surface area contributed by atoms with Crippen LogP contribution in [0, 0.1) is 28.6 Å². The number of hydrogen-bond donors (Lipinski definition) is 2. The average molecular weight is 238 g/mol. The van der Waals surface area contributed by atoms with Gasteiger partial charge in [-0.05, 0) is 49.9 Å². The summed E-state index contributed by atoms with van der Waals surface area (Å²) in [6.45, 7) is 6.91. The average Bonchev–Trinajstić information content (AvgIpc) is 2.32. The highest BCUT2D eigenvalue weighted by molar-refractivity contribution is 5.20. The molecule has 0 unspecified atom stereocenters. The van der Waals surface area contributed by atoms with Gasteiger partial charge in [-0.2, -0.15) is 0 Å². The highest BCUT2D eigenvalue weighted by atomic mass is 16.3. The minimum Gasteiger partial charge on any atom is -0.396 e. The Hall–Kier alpha value is -0.0800. The second-order valence-corrected chi connectivity index (χ2v) is 7.45. The summed E-state index contributed by atoms with van der Waals surface area (Å²) in [6.07, 6.45) is 5.57. The van der Waals surface area contributed by atoms with Gasteiger partial charge in [-0.3, -0.25) is 0 Å². The Bertz CT molecular complexity index is 342. The molecule has 2 nitrogen and oxygen atoms in total. The number of aliphatic hydroxyl groups is 2. The van der Waals surface area contributed by atoms with E-state index < -0.39 is 5.60 Å². The minimum absolute atomic E-state index is 0.0386. The van der Waals surface area contributed by atoms with Gasteiger partial charge >= 0.3 is 0 Å². The molecule has 0 spiro atoms. The maximum absolute atomic E-state index is 11.3. The molecule has 0 aromatic heterocycles. The van der Waals surface area contributed by atoms with Crippen LogP contribution in [-0.4, -0.2) is 22.4 Å². The molecular formula is C15H26O2. The smallest absolute Gasteiger partial charge is 0.0781 e. The van der Waals surface area contributed by atoms with E-state index in [4.69, 9.17) is 0 Å². The fourth-order valence-electron chi connectivity index (χ4n) is 5.76. The van der Waals surface area contributed by atoms with Crippen molar-refractivity contribution in [2.45, 2.75) is 58.5 Å². The first-order valence-corrected chi connectivity index (χ1v) is 7.22. The van der Waals surface area contributed by atoms with Gasteiger partial charge < -0.3 is 10.2 Å². The largest absolute Gasteiger partial charge is 0.396 e. The third-order valence-corrected chi connectivity index (χ3v) is 7.14. The summed E-state index contributed by atoms with van der Waals surface area (Å²) in [7, 11) is 0. The highest BCUT2D eigenvalue weighted by Gasteiger charge is 2.71. The van der Waals surface area contributed by atoms with Crippen LogP contribution in [0.1, 0.15) is 52.9 Å². The van der Waals surface area contributed by atoms with E-state index in [1.807, 2.05) is 0 Å². The summed E-state index contributed by atoms with van der Waals surface area (Å²) in [5, 5.41) is 21.2. The van der Waals surface area contributed by atoms with Crippen LogP contribution in [0.5, 0.6) is 0 Å². The maximum Gasteiger partial charge on any atom is 0.0781 e. The summed E-state index contributed by atoms with van der Waals surface area (Å²) in [5.41, 5.74) is -0.860. The Morgan fingerprint density at radius 3 is 2.53 bits per heavy atom. The van der Waals surface area contributed by atoms with E-state index in [-0.39, 0.29) is 17.4 Å². The second-order valence-electron chi connectivity index (χ2n) is 7.45. The van der Waals surface area contributed by atoms with Crippen molar-refractivity contribution in [3.05, 3.63) is 0 Å². The quantitative estimate of drug-likeness (QED) is 0.737. The lowest BCUT2D eigenvalue weighted by Crippen LogP contribution is -2.73. The number of rotatable bonds is 1. The first-order chi connectivity index (χ1) is 7.89. The van der Waals surface area contributed by atoms with Crippen molar-refractivity contribution >= 4 is 0 Å². The SMILES string of the molecule is C[C@H]1CC[C@]2(O)[C@@]3(C)CC[C@H](C[C@@H]13)[C@@]2(C)CO. The Morgan fingerprint density at radius 2 is 1.88 bits per heavy atom. The molecule has 0 radical (unpaired) electrons. The zero-order chi connectivity index (χ0) is 12.5. The fourth-order valence-corrected chi connectivity index (χ4v) is 5.76. The van der Waals surface area contributed by atoms with Crippen molar-refractivity contribution in [3.8, 4) is 0 Å². The molecule has 0 amide bonds. The van der Waals surface area contributed by atoms with E-state index in [0.717, 1.165) is 25.2 Å². The topological polar surface area (TPSA) is 40.5 Å². The van der Waals surface area contributed by atoms with E-state index in [1.54, 1.807) is 0 Å². The zero-order valence-corrected chi connectivity index (χ0v) is 11.4. The summed E-state index contributed by atoms with van der Waals surface area (Å²) in [5.74, 6) is 1.93. The van der Waals surface area contributed by atoms with Crippen LogP contribution >= 0.6 is 0 Å². The molecule has 4 bridgehead atoms. The van der Waals surface area contributed by atoms with Crippen LogP contribution in [0.3, 0.4) is 0 Å². The summed E-state index contributed by atoms with van der Waals surface area (Å²) in [6, 6.07) is 0. The molecule has 4 rings (SSSR count). The van der Waals surface area contributed by atoms with Crippen LogP contribution in [0.15, 0.2) is 0 Å². The minimum atomic E-state index is -0.632. The maximum atomic E-state index is 11.3. The first-order valence-electron chi connectivity index (χ1n) is 7.22. The summed E-state index contributed by atoms with van der Waals surface area (Å²) < 4.78 is 0. The standard InChI is InChI=1S/C15H26O2/c1-10-4-7-15(17)13(2)6-5-11(8-12(10)13)14(15,3)9-16/h10-12,16-17H,4-9H2,1-3H3/t10-,11+,12-,13-,14+,15-/m0/s1. The number of aliphatic hydroxyl groups excluding tert-OH is 1. The van der Waals surface area contributed by atoms with Gasteiger partial charge in [0, 0.05) is 10.8 Å². The lowest BCUT2D eigenvalue weighted by atomic mass is 9.35. The lowest BCUT2D eigenvalue weighted by Gasteiger charge is -2.72. The molecule has 0 saturated heterocycles. The van der Waals surface area contributed by atoms with E-state index in [0.29, 0.717) is 11.8 Å². The predicted octanol–water partition coefficient (Wildman–Crippen LogP) is 2.58. The molecule has 0 aromatic rings. The second kappa shape index (κ2) is 3.27. The van der Waals surface area contributed by atoms with Crippen molar-refractivity contribution < 1.29 is 10.2 Å². The van der Waals surface area contributed by atoms with Crippen LogP contribution < -0.4 is 0 Å². The molecule has 0 aromatic carbocycles. The summed E-state index contributed by atoms with van der Waals surface area (Å²) in [4.78, 5) is 0. The Morgan fingerprint density at radius 1 is 1.18 bits per heavy atom. The van der Waals surface area contributed by atoms with Gasteiger partial charge in [0.05, 0.1) is 12.2 Å². The first kappa shape index (κ1) is 12.0. The molecule has 2 heteroatoms. The van der Waals surface area contributed by atoms with E-state index >= 15 is 0 Å². The molecule has 4 aliphatic rings. The van der Waals surface area contributed by atoms with Crippen molar-refractivity contribution in [1.82, 2.24) is 0 Å². The van der Waals surface area contributed by atoms with Crippen LogP contribution in [0.25, 0.3) is 0 Å². The third-order valence-electron chi connectivity index (χ3n) is 7.14. The van der Waals surface area contributed by atoms with Gasteiger partial charge in [-0.15, -0.1) is 0 Å². The van der Waals surface area contributed by atoms with Gasteiger partial charge in [0.25, 0.3) is 0 Å². The van der Waals surface area contributed by atoms with Crippen LogP contribution in [-0.2, 0) is 0 Å². The molecular weight excluding hydrogens is 212 g/mol. The van der Waals surface area contributed by atoms with Crippen molar-refractivity contribution in [3.63, 3.8) is 0 Å². The van der Waals surface area contributed by atoms with Crippen LogP contribution in [0.4, 0.5) is 0 Å². The van der Waals surface area contributed by atoms with Crippen molar-refractivity contribution in [2.24, 2.45) is 28.6 Å². The predicted molar refractivity (Wildman–Crippen MR) is 67.5 cm³/mol. The van der Waals surface area contributed by atoms with Gasteiger partial charge in [-0.1, -0.05) is 20.8 Å². The molecule has 98 valence electrons. The highest BCUT2D eigenvalue weighted by Crippen LogP contribution is 2.71. The van der Waals surface area contributed by atoms with E-state index in [9.17, 15) is 10.2 Å². The Labute approximate surface area is 104 Å². The normalized spacial score (nSPS) is 61.6. The van der Waals surface area contributed by atoms with Crippen LogP contribution in [0.2, 0.25) is 0 Å². The number of fused-ring (bicyclic) bond motifs is 1.